The van der Waals surface area contributed by atoms with E-state index in [1.165, 1.54) is 0 Å². The first-order chi connectivity index (χ1) is 11.6. The minimum atomic E-state index is -0.539. The highest BCUT2D eigenvalue weighted by Crippen LogP contribution is 2.26. The van der Waals surface area contributed by atoms with Gasteiger partial charge in [0.2, 0.25) is 5.43 Å². The van der Waals surface area contributed by atoms with E-state index in [9.17, 15) is 14.4 Å². The lowest BCUT2D eigenvalue weighted by Gasteiger charge is -2.13. The Balaban J connectivity index is 1.85. The second-order valence-electron chi connectivity index (χ2n) is 5.20. The average Bonchev–Trinajstić information content (AvgIpc) is 2.62. The first-order valence-electron chi connectivity index (χ1n) is 7.54. The van der Waals surface area contributed by atoms with Crippen LogP contribution in [0.2, 0.25) is 0 Å². The number of ether oxygens (including phenoxy) is 1. The van der Waals surface area contributed by atoms with Crippen LogP contribution in [0.1, 0.15) is 17.3 Å². The first-order valence-corrected chi connectivity index (χ1v) is 7.54. The largest absolute Gasteiger partial charge is 0.462 e. The number of rotatable bonds is 5. The predicted octanol–water partition coefficient (Wildman–Crippen LogP) is 2.87. The molecule has 120 valence electrons. The molecule has 0 bridgehead atoms. The summed E-state index contributed by atoms with van der Waals surface area (Å²) in [5.41, 5.74) is 1.37. The van der Waals surface area contributed by atoms with Crippen LogP contribution in [0.5, 0.6) is 0 Å². The lowest BCUT2D eigenvalue weighted by Crippen LogP contribution is -2.35. The third kappa shape index (κ3) is 2.84. The summed E-state index contributed by atoms with van der Waals surface area (Å²) in [6.45, 7) is 2.05. The third-order valence-electron chi connectivity index (χ3n) is 3.64. The summed E-state index contributed by atoms with van der Waals surface area (Å²) in [6.07, 6.45) is 0. The zero-order valence-corrected chi connectivity index (χ0v) is 13.0. The Kier molecular flexibility index (Phi) is 4.24. The van der Waals surface area contributed by atoms with Crippen molar-refractivity contribution in [3.8, 4) is 11.1 Å². The van der Waals surface area contributed by atoms with E-state index in [2.05, 4.69) is 5.32 Å². The SMILES string of the molecule is CCOC(=O)c1ccc(Nc2c(-c3ccccc3)c(=O)c2=O)cc1. The fourth-order valence-corrected chi connectivity index (χ4v) is 2.44. The van der Waals surface area contributed by atoms with E-state index in [4.69, 9.17) is 4.74 Å². The number of carbonyl (C=O) groups excluding carboxylic acids is 1. The van der Waals surface area contributed by atoms with Gasteiger partial charge in [0.05, 0.1) is 17.7 Å². The van der Waals surface area contributed by atoms with Gasteiger partial charge in [-0.05, 0) is 36.8 Å². The molecule has 0 aromatic heterocycles. The molecule has 0 radical (unpaired) electrons. The molecular weight excluding hydrogens is 306 g/mol. The zero-order chi connectivity index (χ0) is 17.1. The molecule has 0 spiro atoms. The monoisotopic (exact) mass is 321 g/mol. The molecule has 3 aromatic carbocycles. The fraction of sp³-hybridized carbons (Fsp3) is 0.105. The van der Waals surface area contributed by atoms with E-state index in [0.29, 0.717) is 29.0 Å². The van der Waals surface area contributed by atoms with Crippen LogP contribution in [0.25, 0.3) is 11.1 Å². The number of carbonyl (C=O) groups is 1. The molecule has 0 unspecified atom stereocenters. The highest BCUT2D eigenvalue weighted by molar-refractivity contribution is 5.90. The summed E-state index contributed by atoms with van der Waals surface area (Å²) in [7, 11) is 0. The highest BCUT2D eigenvalue weighted by atomic mass is 16.5. The molecule has 5 heteroatoms. The van der Waals surface area contributed by atoms with Crippen LogP contribution in [0.4, 0.5) is 11.4 Å². The van der Waals surface area contributed by atoms with E-state index in [0.717, 1.165) is 0 Å². The molecule has 0 aliphatic carbocycles. The van der Waals surface area contributed by atoms with Crippen LogP contribution in [0.3, 0.4) is 0 Å². The van der Waals surface area contributed by atoms with Gasteiger partial charge in [-0.3, -0.25) is 9.59 Å². The van der Waals surface area contributed by atoms with Gasteiger partial charge in [-0.25, -0.2) is 4.79 Å². The maximum absolute atomic E-state index is 11.9. The molecular formula is C19H15NO4. The lowest BCUT2D eigenvalue weighted by molar-refractivity contribution is 0.0526. The zero-order valence-electron chi connectivity index (χ0n) is 13.0. The van der Waals surface area contributed by atoms with Gasteiger partial charge in [0.25, 0.3) is 5.43 Å². The maximum atomic E-state index is 11.9. The molecule has 0 heterocycles. The van der Waals surface area contributed by atoms with Gasteiger partial charge in [-0.2, -0.15) is 0 Å². The minimum absolute atomic E-state index is 0.273. The van der Waals surface area contributed by atoms with E-state index in [1.54, 1.807) is 43.3 Å². The summed E-state index contributed by atoms with van der Waals surface area (Å²) < 4.78 is 4.92. The van der Waals surface area contributed by atoms with Crippen molar-refractivity contribution >= 4 is 17.3 Å². The number of benzene rings is 2. The summed E-state index contributed by atoms with van der Waals surface area (Å²) in [5.74, 6) is -0.400. The predicted molar refractivity (Wildman–Crippen MR) is 92.5 cm³/mol. The van der Waals surface area contributed by atoms with E-state index in [-0.39, 0.29) is 5.69 Å². The molecule has 0 fully saturated rings. The van der Waals surface area contributed by atoms with Crippen LogP contribution in [0.15, 0.2) is 64.2 Å². The smallest absolute Gasteiger partial charge is 0.338 e. The molecule has 3 rings (SSSR count). The molecule has 0 amide bonds. The van der Waals surface area contributed by atoms with Crippen LogP contribution >= 0.6 is 0 Å². The number of hydrogen-bond acceptors (Lipinski definition) is 5. The van der Waals surface area contributed by atoms with Crippen molar-refractivity contribution in [2.75, 3.05) is 11.9 Å². The Labute approximate surface area is 138 Å². The number of hydrogen-bond donors (Lipinski definition) is 1. The second-order valence-corrected chi connectivity index (χ2v) is 5.20. The Morgan fingerprint density at radius 2 is 1.62 bits per heavy atom. The Bertz CT molecular complexity index is 936. The summed E-state index contributed by atoms with van der Waals surface area (Å²) in [5, 5.41) is 2.96. The van der Waals surface area contributed by atoms with Gasteiger partial charge < -0.3 is 10.1 Å². The quantitative estimate of drug-likeness (QED) is 0.578. The summed E-state index contributed by atoms with van der Waals surface area (Å²) in [4.78, 5) is 35.4. The van der Waals surface area contributed by atoms with Crippen molar-refractivity contribution in [2.24, 2.45) is 0 Å². The molecule has 1 N–H and O–H groups in total. The minimum Gasteiger partial charge on any atom is -0.462 e. The van der Waals surface area contributed by atoms with E-state index < -0.39 is 16.8 Å². The molecule has 0 atom stereocenters. The maximum Gasteiger partial charge on any atom is 0.338 e. The number of esters is 1. The van der Waals surface area contributed by atoms with Crippen molar-refractivity contribution in [3.05, 3.63) is 80.6 Å². The molecule has 24 heavy (non-hydrogen) atoms. The standard InChI is InChI=1S/C19H15NO4/c1-2-24-19(23)13-8-10-14(11-9-13)20-16-15(17(21)18(16)22)12-6-4-3-5-7-12/h3-11,20H,2H2,1H3. The van der Waals surface area contributed by atoms with Crippen molar-refractivity contribution in [3.63, 3.8) is 0 Å². The molecule has 0 saturated carbocycles. The van der Waals surface area contributed by atoms with Gasteiger partial charge in [0, 0.05) is 5.69 Å². The fourth-order valence-electron chi connectivity index (χ4n) is 2.44. The Morgan fingerprint density at radius 3 is 2.25 bits per heavy atom. The van der Waals surface area contributed by atoms with Crippen LogP contribution in [-0.4, -0.2) is 12.6 Å². The molecule has 3 aromatic rings. The molecule has 5 nitrogen and oxygen atoms in total. The normalized spacial score (nSPS) is 10.5. The van der Waals surface area contributed by atoms with Crippen molar-refractivity contribution < 1.29 is 9.53 Å². The molecule has 0 aliphatic heterocycles. The van der Waals surface area contributed by atoms with Crippen LogP contribution < -0.4 is 16.2 Å². The Hall–Kier alpha value is -3.21. The van der Waals surface area contributed by atoms with E-state index >= 15 is 0 Å². The first kappa shape index (κ1) is 15.7. The van der Waals surface area contributed by atoms with Gasteiger partial charge in [-0.1, -0.05) is 30.3 Å². The number of anilines is 2. The van der Waals surface area contributed by atoms with Gasteiger partial charge in [0.15, 0.2) is 0 Å². The molecule has 0 aliphatic rings. The molecule has 0 saturated heterocycles. The average molecular weight is 321 g/mol. The van der Waals surface area contributed by atoms with Crippen molar-refractivity contribution in [1.82, 2.24) is 0 Å². The van der Waals surface area contributed by atoms with Gasteiger partial charge in [-0.15, -0.1) is 0 Å². The summed E-state index contributed by atoms with van der Waals surface area (Å²) >= 11 is 0. The Morgan fingerprint density at radius 1 is 0.958 bits per heavy atom. The summed E-state index contributed by atoms with van der Waals surface area (Å²) in [6, 6.07) is 15.6. The second kappa shape index (κ2) is 6.50. The van der Waals surface area contributed by atoms with Crippen LogP contribution in [0, 0.1) is 0 Å². The van der Waals surface area contributed by atoms with Crippen molar-refractivity contribution in [2.45, 2.75) is 6.92 Å². The number of nitrogens with one attached hydrogen (secondary N) is 1. The van der Waals surface area contributed by atoms with Gasteiger partial charge in [0.1, 0.15) is 5.69 Å². The highest BCUT2D eigenvalue weighted by Gasteiger charge is 2.22. The van der Waals surface area contributed by atoms with Crippen LogP contribution in [-0.2, 0) is 4.74 Å². The van der Waals surface area contributed by atoms with Crippen molar-refractivity contribution in [1.29, 1.82) is 0 Å². The van der Waals surface area contributed by atoms with E-state index in [1.807, 2.05) is 18.2 Å². The topological polar surface area (TPSA) is 72.5 Å². The van der Waals surface area contributed by atoms with Gasteiger partial charge >= 0.3 is 5.97 Å². The lowest BCUT2D eigenvalue weighted by atomic mass is 9.98. The third-order valence-corrected chi connectivity index (χ3v) is 3.64.